The normalized spacial score (nSPS) is 11.9. The highest BCUT2D eigenvalue weighted by molar-refractivity contribution is 7.26. The Morgan fingerprint density at radius 1 is 0.403 bits per heavy atom. The van der Waals surface area contributed by atoms with Crippen molar-refractivity contribution in [2.24, 2.45) is 0 Å². The zero-order valence-electron chi connectivity index (χ0n) is 33.5. The van der Waals surface area contributed by atoms with Gasteiger partial charge in [-0.1, -0.05) is 133 Å². The lowest BCUT2D eigenvalue weighted by molar-refractivity contribution is 0.669. The zero-order valence-corrected chi connectivity index (χ0v) is 34.3. The second-order valence-electron chi connectivity index (χ2n) is 16.1. The molecule has 0 spiro atoms. The first kappa shape index (κ1) is 34.9. The fraction of sp³-hybridized carbons (Fsp3) is 0. The van der Waals surface area contributed by atoms with E-state index in [0.29, 0.717) is 0 Å². The molecule has 3 nitrogen and oxygen atoms in total. The van der Waals surface area contributed by atoms with Crippen LogP contribution in [-0.2, 0) is 0 Å². The van der Waals surface area contributed by atoms with Crippen molar-refractivity contribution in [1.82, 2.24) is 4.57 Å². The molecule has 0 atom stereocenters. The maximum absolute atomic E-state index is 6.59. The highest BCUT2D eigenvalue weighted by atomic mass is 32.1. The monoisotopic (exact) mass is 808 g/mol. The van der Waals surface area contributed by atoms with Crippen molar-refractivity contribution in [3.63, 3.8) is 0 Å². The molecule has 10 aromatic carbocycles. The van der Waals surface area contributed by atoms with Crippen LogP contribution in [0.1, 0.15) is 0 Å². The lowest BCUT2D eigenvalue weighted by Crippen LogP contribution is -2.10. The fourth-order valence-corrected chi connectivity index (χ4v) is 10.9. The minimum atomic E-state index is 0.872. The first-order valence-corrected chi connectivity index (χ1v) is 21.9. The van der Waals surface area contributed by atoms with Crippen LogP contribution in [0.2, 0.25) is 0 Å². The van der Waals surface area contributed by atoms with Crippen LogP contribution in [0.5, 0.6) is 0 Å². The topological polar surface area (TPSA) is 21.3 Å². The summed E-state index contributed by atoms with van der Waals surface area (Å²) in [5.41, 5.74) is 13.2. The predicted molar refractivity (Wildman–Crippen MR) is 264 cm³/mol. The molecule has 13 aromatic rings. The van der Waals surface area contributed by atoms with Gasteiger partial charge in [-0.3, -0.25) is 0 Å². The first-order chi connectivity index (χ1) is 30.7. The molecule has 0 amide bonds. The number of para-hydroxylation sites is 1. The molecular formula is C58H36N2OS. The Morgan fingerprint density at radius 2 is 1.05 bits per heavy atom. The molecular weight excluding hydrogens is 773 g/mol. The quantitative estimate of drug-likeness (QED) is 0.167. The van der Waals surface area contributed by atoms with E-state index in [-0.39, 0.29) is 0 Å². The minimum Gasteiger partial charge on any atom is -0.456 e. The number of furan rings is 1. The Hall–Kier alpha value is -7.92. The molecule has 13 rings (SSSR count). The average Bonchev–Trinajstić information content (AvgIpc) is 4.01. The summed E-state index contributed by atoms with van der Waals surface area (Å²) >= 11 is 1.85. The van der Waals surface area contributed by atoms with Crippen LogP contribution in [0.4, 0.5) is 17.1 Å². The number of rotatable bonds is 6. The Labute approximate surface area is 361 Å². The molecule has 3 aromatic heterocycles. The number of nitrogens with zero attached hydrogens (tertiary/aromatic N) is 2. The van der Waals surface area contributed by atoms with E-state index in [4.69, 9.17) is 4.42 Å². The third-order valence-electron chi connectivity index (χ3n) is 12.5. The molecule has 0 aliphatic rings. The van der Waals surface area contributed by atoms with Crippen molar-refractivity contribution in [3.8, 4) is 27.9 Å². The van der Waals surface area contributed by atoms with E-state index in [9.17, 15) is 0 Å². The summed E-state index contributed by atoms with van der Waals surface area (Å²) in [4.78, 5) is 2.51. The largest absolute Gasteiger partial charge is 0.456 e. The van der Waals surface area contributed by atoms with Gasteiger partial charge in [0.1, 0.15) is 11.2 Å². The molecule has 0 unspecified atom stereocenters. The summed E-state index contributed by atoms with van der Waals surface area (Å²) in [6.07, 6.45) is 0. The van der Waals surface area contributed by atoms with E-state index in [1.54, 1.807) is 0 Å². The Morgan fingerprint density at radius 3 is 1.85 bits per heavy atom. The van der Waals surface area contributed by atoms with E-state index in [0.717, 1.165) is 50.2 Å². The summed E-state index contributed by atoms with van der Waals surface area (Å²) in [5.74, 6) is 0. The Kier molecular flexibility index (Phi) is 7.78. The fourth-order valence-electron chi connectivity index (χ4n) is 9.78. The van der Waals surface area contributed by atoms with E-state index in [2.05, 4.69) is 228 Å². The molecule has 0 saturated heterocycles. The zero-order chi connectivity index (χ0) is 40.7. The highest BCUT2D eigenvalue weighted by Gasteiger charge is 2.26. The summed E-state index contributed by atoms with van der Waals surface area (Å²) in [6.45, 7) is 0. The Balaban J connectivity index is 1.19. The van der Waals surface area contributed by atoms with Crippen LogP contribution in [0.15, 0.2) is 223 Å². The van der Waals surface area contributed by atoms with Gasteiger partial charge in [0.15, 0.2) is 0 Å². The molecule has 0 bridgehead atoms. The van der Waals surface area contributed by atoms with Crippen molar-refractivity contribution in [2.45, 2.75) is 0 Å². The van der Waals surface area contributed by atoms with Gasteiger partial charge in [0.05, 0.1) is 22.4 Å². The number of hydrogen-bond acceptors (Lipinski definition) is 3. The molecule has 0 aliphatic heterocycles. The van der Waals surface area contributed by atoms with Gasteiger partial charge in [0.2, 0.25) is 0 Å². The van der Waals surface area contributed by atoms with Gasteiger partial charge < -0.3 is 13.9 Å². The number of fused-ring (bicyclic) bond motifs is 10. The van der Waals surface area contributed by atoms with Crippen molar-refractivity contribution in [1.29, 1.82) is 0 Å². The second kappa shape index (κ2) is 13.8. The van der Waals surface area contributed by atoms with Gasteiger partial charge in [-0.25, -0.2) is 0 Å². The van der Waals surface area contributed by atoms with Crippen LogP contribution >= 0.6 is 11.3 Å². The number of benzene rings is 10. The standard InChI is InChI=1S/C58H36N2OS/c1-4-16-37(17-5-1)41-33-45(38-18-6-2-7-19-38)58-48(34-41)56-49(25-14-26-50(56)60(58)42-22-8-3-9-23-42)59(51-27-15-29-55-57(51)44-24-12-13-28-54(44)62-55)43-30-31-52-47(36-43)46-32-39-20-10-11-21-40(39)35-53(46)61-52/h1-36H. The maximum Gasteiger partial charge on any atom is 0.136 e. The molecule has 0 fully saturated rings. The highest BCUT2D eigenvalue weighted by Crippen LogP contribution is 2.51. The molecule has 0 saturated carbocycles. The minimum absolute atomic E-state index is 0.872. The van der Waals surface area contributed by atoms with Crippen LogP contribution < -0.4 is 4.90 Å². The van der Waals surface area contributed by atoms with E-state index >= 15 is 0 Å². The van der Waals surface area contributed by atoms with Crippen molar-refractivity contribution in [3.05, 3.63) is 218 Å². The maximum atomic E-state index is 6.59. The van der Waals surface area contributed by atoms with E-state index in [1.807, 2.05) is 11.3 Å². The van der Waals surface area contributed by atoms with Gasteiger partial charge >= 0.3 is 0 Å². The molecule has 0 radical (unpaired) electrons. The molecule has 4 heteroatoms. The van der Waals surface area contributed by atoms with Gasteiger partial charge in [0.25, 0.3) is 0 Å². The second-order valence-corrected chi connectivity index (χ2v) is 17.1. The summed E-state index contributed by atoms with van der Waals surface area (Å²) < 4.78 is 11.6. The van der Waals surface area contributed by atoms with Crippen LogP contribution in [-0.4, -0.2) is 4.57 Å². The van der Waals surface area contributed by atoms with Crippen LogP contribution in [0.3, 0.4) is 0 Å². The van der Waals surface area contributed by atoms with Crippen molar-refractivity contribution in [2.75, 3.05) is 4.90 Å². The number of thiophene rings is 1. The smallest absolute Gasteiger partial charge is 0.136 e. The van der Waals surface area contributed by atoms with Crippen LogP contribution in [0.25, 0.3) is 103 Å². The van der Waals surface area contributed by atoms with Gasteiger partial charge in [-0.2, -0.15) is 0 Å². The lowest BCUT2D eigenvalue weighted by atomic mass is 9.95. The molecule has 0 N–H and O–H groups in total. The molecule has 3 heterocycles. The molecule has 62 heavy (non-hydrogen) atoms. The summed E-state index contributed by atoms with van der Waals surface area (Å²) in [5, 5.41) is 9.44. The van der Waals surface area contributed by atoms with Crippen LogP contribution in [0, 0.1) is 0 Å². The Bertz CT molecular complexity index is 3860. The number of aromatic nitrogens is 1. The predicted octanol–water partition coefficient (Wildman–Crippen LogP) is 17.0. The van der Waals surface area contributed by atoms with Gasteiger partial charge in [-0.05, 0) is 112 Å². The van der Waals surface area contributed by atoms with Crippen molar-refractivity contribution < 1.29 is 4.42 Å². The van der Waals surface area contributed by atoms with Gasteiger partial charge in [0, 0.05) is 58.7 Å². The summed E-state index contributed by atoms with van der Waals surface area (Å²) in [7, 11) is 0. The van der Waals surface area contributed by atoms with Crippen molar-refractivity contribution >= 4 is 103 Å². The average molecular weight is 809 g/mol. The number of hydrogen-bond donors (Lipinski definition) is 0. The van der Waals surface area contributed by atoms with E-state index < -0.39 is 0 Å². The summed E-state index contributed by atoms with van der Waals surface area (Å²) in [6, 6.07) is 79.4. The first-order valence-electron chi connectivity index (χ1n) is 21.1. The molecule has 290 valence electrons. The third kappa shape index (κ3) is 5.37. The lowest BCUT2D eigenvalue weighted by Gasteiger charge is -2.27. The molecule has 0 aliphatic carbocycles. The van der Waals surface area contributed by atoms with E-state index in [1.165, 1.54) is 69.5 Å². The number of anilines is 3. The third-order valence-corrected chi connectivity index (χ3v) is 13.6. The van der Waals surface area contributed by atoms with Gasteiger partial charge in [-0.15, -0.1) is 11.3 Å². The SMILES string of the molecule is c1ccc(-c2cc(-c3ccccc3)c3c(c2)c2c(N(c4ccc5oc6cc7ccccc7cc6c5c4)c4cccc5sc6ccccc6c45)cccc2n3-c2ccccc2)cc1.